The van der Waals surface area contributed by atoms with E-state index in [1.807, 2.05) is 24.3 Å². The van der Waals surface area contributed by atoms with Crippen molar-refractivity contribution in [3.63, 3.8) is 0 Å². The van der Waals surface area contributed by atoms with Crippen LogP contribution in [0.4, 0.5) is 23.7 Å². The van der Waals surface area contributed by atoms with Crippen molar-refractivity contribution >= 4 is 52.3 Å². The van der Waals surface area contributed by atoms with Crippen molar-refractivity contribution in [3.8, 4) is 5.75 Å². The van der Waals surface area contributed by atoms with Gasteiger partial charge in [-0.2, -0.15) is 0 Å². The van der Waals surface area contributed by atoms with E-state index in [2.05, 4.69) is 15.0 Å². The summed E-state index contributed by atoms with van der Waals surface area (Å²) < 4.78 is 43.5. The summed E-state index contributed by atoms with van der Waals surface area (Å²) in [5.74, 6) is -0.282. The van der Waals surface area contributed by atoms with Crippen molar-refractivity contribution in [1.82, 2.24) is 15.2 Å². The lowest BCUT2D eigenvalue weighted by atomic mass is 9.75. The number of hydrogen-bond donors (Lipinski definition) is 1. The number of nitrogens with one attached hydrogen (secondary N) is 1. The summed E-state index contributed by atoms with van der Waals surface area (Å²) in [7, 11) is 0. The molecule has 1 spiro atoms. The number of thiazole rings is 1. The number of rotatable bonds is 6. The van der Waals surface area contributed by atoms with Crippen molar-refractivity contribution in [2.24, 2.45) is 0 Å². The zero-order valence-corrected chi connectivity index (χ0v) is 23.0. The second-order valence-corrected chi connectivity index (χ2v) is 11.7. The lowest BCUT2D eigenvalue weighted by Gasteiger charge is -2.35. The molecule has 39 heavy (non-hydrogen) atoms. The minimum atomic E-state index is -4.80. The standard InChI is InChI=1S/C27H25Cl2F3N4O2S/c28-19-5-3-18(4-6-19)2-1-13-35(16-21-15-34-24(29)39-21)25(37)36-17-26(9-11-33-12-10-26)22-14-20(7-8-23(22)36)38-27(30,31)32/h1-8,14-15,33H,9-13,16-17H2. The minimum absolute atomic E-state index is 0.249. The highest BCUT2D eigenvalue weighted by molar-refractivity contribution is 7.15. The molecule has 206 valence electrons. The predicted octanol–water partition coefficient (Wildman–Crippen LogP) is 7.13. The largest absolute Gasteiger partial charge is 0.573 e. The van der Waals surface area contributed by atoms with Crippen molar-refractivity contribution in [1.29, 1.82) is 0 Å². The van der Waals surface area contributed by atoms with Crippen LogP contribution in [-0.4, -0.2) is 48.5 Å². The number of carbonyl (C=O) groups is 1. The number of alkyl halides is 3. The number of benzene rings is 2. The highest BCUT2D eigenvalue weighted by Crippen LogP contribution is 2.48. The number of aromatic nitrogens is 1. The highest BCUT2D eigenvalue weighted by Gasteiger charge is 2.46. The molecule has 0 bridgehead atoms. The smallest absolute Gasteiger partial charge is 0.406 e. The van der Waals surface area contributed by atoms with Crippen LogP contribution in [0.5, 0.6) is 5.75 Å². The van der Waals surface area contributed by atoms with Crippen molar-refractivity contribution in [2.45, 2.75) is 31.2 Å². The van der Waals surface area contributed by atoms with E-state index in [0.29, 0.717) is 59.8 Å². The van der Waals surface area contributed by atoms with Crippen LogP contribution >= 0.6 is 34.5 Å². The van der Waals surface area contributed by atoms with Crippen LogP contribution in [0.25, 0.3) is 6.08 Å². The third-order valence-electron chi connectivity index (χ3n) is 6.96. The van der Waals surface area contributed by atoms with Gasteiger partial charge in [0, 0.05) is 40.3 Å². The molecular weight excluding hydrogens is 572 g/mol. The molecule has 2 aromatic carbocycles. The molecule has 12 heteroatoms. The predicted molar refractivity (Wildman–Crippen MR) is 148 cm³/mol. The summed E-state index contributed by atoms with van der Waals surface area (Å²) >= 11 is 13.3. The molecule has 2 aliphatic rings. The molecule has 5 rings (SSSR count). The Hall–Kier alpha value is -2.79. The number of piperidine rings is 1. The molecule has 3 heterocycles. The Morgan fingerprint density at radius 3 is 2.59 bits per heavy atom. The van der Waals surface area contributed by atoms with Gasteiger partial charge >= 0.3 is 12.4 Å². The van der Waals surface area contributed by atoms with Gasteiger partial charge in [0.05, 0.1) is 6.54 Å². The average Bonchev–Trinajstić information content (AvgIpc) is 3.44. The average molecular weight is 597 g/mol. The summed E-state index contributed by atoms with van der Waals surface area (Å²) in [5.41, 5.74) is 1.78. The Morgan fingerprint density at radius 2 is 1.92 bits per heavy atom. The van der Waals surface area contributed by atoms with Crippen LogP contribution in [0.2, 0.25) is 9.49 Å². The lowest BCUT2D eigenvalue weighted by Crippen LogP contribution is -2.47. The summed E-state index contributed by atoms with van der Waals surface area (Å²) in [6.07, 6.45) is 2.03. The van der Waals surface area contributed by atoms with Crippen molar-refractivity contribution < 1.29 is 22.7 Å². The Labute approximate surface area is 238 Å². The second-order valence-electron chi connectivity index (χ2n) is 9.54. The molecule has 6 nitrogen and oxygen atoms in total. The maximum atomic E-state index is 14.1. The molecule has 1 fully saturated rings. The van der Waals surface area contributed by atoms with Gasteiger partial charge in [-0.05, 0) is 67.4 Å². The molecule has 2 amide bonds. The fourth-order valence-electron chi connectivity index (χ4n) is 5.16. The Bertz CT molecular complexity index is 1360. The SMILES string of the molecule is O=C(N(CC=Cc1ccc(Cl)cc1)Cc1cnc(Cl)s1)N1CC2(CCNCC2)c2cc(OC(F)(F)F)ccc21. The number of fused-ring (bicyclic) bond motifs is 2. The fraction of sp³-hybridized carbons (Fsp3) is 0.333. The van der Waals surface area contributed by atoms with E-state index in [9.17, 15) is 18.0 Å². The molecule has 1 saturated heterocycles. The molecule has 3 aromatic rings. The van der Waals surface area contributed by atoms with Crippen LogP contribution in [0.3, 0.4) is 0 Å². The van der Waals surface area contributed by atoms with E-state index in [0.717, 1.165) is 10.4 Å². The number of urea groups is 1. The fourth-order valence-corrected chi connectivity index (χ4v) is 6.28. The summed E-state index contributed by atoms with van der Waals surface area (Å²) in [5, 5.41) is 3.94. The Morgan fingerprint density at radius 1 is 1.18 bits per heavy atom. The first-order valence-corrected chi connectivity index (χ1v) is 13.9. The topological polar surface area (TPSA) is 57.7 Å². The number of carbonyl (C=O) groups excluding carboxylic acids is 1. The maximum absolute atomic E-state index is 14.1. The number of anilines is 1. The number of hydrogen-bond acceptors (Lipinski definition) is 5. The Kier molecular flexibility index (Phi) is 8.09. The van der Waals surface area contributed by atoms with Crippen molar-refractivity contribution in [3.05, 3.63) is 80.2 Å². The van der Waals surface area contributed by atoms with Crippen molar-refractivity contribution in [2.75, 3.05) is 31.1 Å². The van der Waals surface area contributed by atoms with Gasteiger partial charge in [-0.3, -0.25) is 4.90 Å². The van der Waals surface area contributed by atoms with Gasteiger partial charge in [-0.25, -0.2) is 9.78 Å². The number of nitrogens with zero attached hydrogens (tertiary/aromatic N) is 3. The first-order chi connectivity index (χ1) is 18.6. The van der Waals surface area contributed by atoms with E-state index in [1.165, 1.54) is 23.5 Å². The molecule has 1 N–H and O–H groups in total. The van der Waals surface area contributed by atoms with E-state index >= 15 is 0 Å². The highest BCUT2D eigenvalue weighted by atomic mass is 35.5. The van der Waals surface area contributed by atoms with E-state index in [1.54, 1.807) is 34.2 Å². The minimum Gasteiger partial charge on any atom is -0.406 e. The molecule has 2 aliphatic heterocycles. The maximum Gasteiger partial charge on any atom is 0.573 e. The van der Waals surface area contributed by atoms with Crippen LogP contribution < -0.4 is 15.0 Å². The van der Waals surface area contributed by atoms with Gasteiger partial charge in [0.15, 0.2) is 4.47 Å². The normalized spacial score (nSPS) is 16.6. The van der Waals surface area contributed by atoms with Gasteiger partial charge in [0.25, 0.3) is 0 Å². The van der Waals surface area contributed by atoms with Crippen LogP contribution in [0.15, 0.2) is 54.7 Å². The van der Waals surface area contributed by atoms with E-state index < -0.39 is 11.8 Å². The van der Waals surface area contributed by atoms with Gasteiger partial charge in [0.1, 0.15) is 5.75 Å². The quantitative estimate of drug-likeness (QED) is 0.329. The zero-order valence-electron chi connectivity index (χ0n) is 20.7. The first kappa shape index (κ1) is 27.8. The number of halogens is 5. The van der Waals surface area contributed by atoms with E-state index in [-0.39, 0.29) is 18.3 Å². The molecule has 0 unspecified atom stereocenters. The lowest BCUT2D eigenvalue weighted by molar-refractivity contribution is -0.274. The summed E-state index contributed by atoms with van der Waals surface area (Å²) in [6.45, 7) is 2.37. The summed E-state index contributed by atoms with van der Waals surface area (Å²) in [6, 6.07) is 11.4. The summed E-state index contributed by atoms with van der Waals surface area (Å²) in [4.78, 5) is 22.3. The van der Waals surface area contributed by atoms with Crippen LogP contribution in [0, 0.1) is 0 Å². The van der Waals surface area contributed by atoms with Gasteiger partial charge in [0.2, 0.25) is 0 Å². The molecule has 0 aliphatic carbocycles. The van der Waals surface area contributed by atoms with Gasteiger partial charge < -0.3 is 15.0 Å². The second kappa shape index (κ2) is 11.4. The molecule has 0 saturated carbocycles. The molecule has 0 atom stereocenters. The van der Waals surface area contributed by atoms with Gasteiger partial charge in [-0.1, -0.05) is 47.5 Å². The third-order valence-corrected chi connectivity index (χ3v) is 8.32. The molecule has 0 radical (unpaired) electrons. The molecular formula is C27H25Cl2F3N4O2S. The molecule has 1 aromatic heterocycles. The van der Waals surface area contributed by atoms with Gasteiger partial charge in [-0.15, -0.1) is 24.5 Å². The monoisotopic (exact) mass is 596 g/mol. The number of ether oxygens (including phenoxy) is 1. The van der Waals surface area contributed by atoms with Crippen LogP contribution in [-0.2, 0) is 12.0 Å². The Balaban J connectivity index is 1.45. The van der Waals surface area contributed by atoms with Crippen LogP contribution in [0.1, 0.15) is 28.8 Å². The number of amides is 2. The van der Waals surface area contributed by atoms with E-state index in [4.69, 9.17) is 23.2 Å². The first-order valence-electron chi connectivity index (χ1n) is 12.3. The zero-order chi connectivity index (χ0) is 27.6. The third kappa shape index (κ3) is 6.51.